The minimum atomic E-state index is -4.72. The molecular weight excluding hydrogens is 459 g/mol. The molecule has 0 bridgehead atoms. The minimum Gasteiger partial charge on any atom is -0.493 e. The van der Waals surface area contributed by atoms with E-state index < -0.39 is 37.9 Å². The second-order valence-electron chi connectivity index (χ2n) is 9.35. The molecule has 2 aromatic carbocycles. The number of fused-ring (bicyclic) bond motifs is 3. The van der Waals surface area contributed by atoms with Gasteiger partial charge in [-0.1, -0.05) is 43.3 Å². The number of rotatable bonds is 8. The van der Waals surface area contributed by atoms with Gasteiger partial charge in [-0.2, -0.15) is 0 Å². The van der Waals surface area contributed by atoms with Gasteiger partial charge < -0.3 is 14.7 Å². The predicted molar refractivity (Wildman–Crippen MR) is 124 cm³/mol. The summed E-state index contributed by atoms with van der Waals surface area (Å²) in [7, 11) is -4.72. The van der Waals surface area contributed by atoms with E-state index in [0.717, 1.165) is 32.4 Å². The van der Waals surface area contributed by atoms with E-state index >= 15 is 4.48 Å². The van der Waals surface area contributed by atoms with E-state index in [-0.39, 0.29) is 11.5 Å². The number of sulfonamides is 1. The number of carbonyl (C=O) groups is 1. The van der Waals surface area contributed by atoms with Crippen LogP contribution in [-0.4, -0.2) is 60.2 Å². The number of aliphatic carboxylic acids is 1. The predicted octanol–water partition coefficient (Wildman–Crippen LogP) is 3.61. The van der Waals surface area contributed by atoms with Crippen LogP contribution in [0.2, 0.25) is 0 Å². The van der Waals surface area contributed by atoms with E-state index in [4.69, 9.17) is 4.74 Å². The van der Waals surface area contributed by atoms with Crippen LogP contribution in [0.25, 0.3) is 0 Å². The number of hydrogen-bond acceptors (Lipinski definition) is 5. The Balaban J connectivity index is 1.46. The molecule has 5 rings (SSSR count). The summed E-state index contributed by atoms with van der Waals surface area (Å²) in [6.07, 6.45) is 3.42. The van der Waals surface area contributed by atoms with Gasteiger partial charge in [-0.25, -0.2) is 8.42 Å². The molecule has 2 aliphatic heterocycles. The quantitative estimate of drug-likeness (QED) is 0.572. The van der Waals surface area contributed by atoms with Gasteiger partial charge in [0, 0.05) is 23.4 Å². The summed E-state index contributed by atoms with van der Waals surface area (Å²) in [6, 6.07) is 13.5. The number of ether oxygens (including phenoxy) is 1. The highest BCUT2D eigenvalue weighted by molar-refractivity contribution is 7.89. The number of para-hydroxylation sites is 1. The molecule has 9 heteroatoms. The summed E-state index contributed by atoms with van der Waals surface area (Å²) in [5.41, 5.74) is -1.19. The molecule has 1 saturated heterocycles. The van der Waals surface area contributed by atoms with Crippen LogP contribution in [0.3, 0.4) is 0 Å². The number of carboxylic acid groups (broad SMARTS) is 1. The topological polar surface area (TPSA) is 87.2 Å². The minimum absolute atomic E-state index is 0.0555. The second kappa shape index (κ2) is 8.62. The van der Waals surface area contributed by atoms with Crippen LogP contribution in [0, 0.1) is 5.92 Å². The maximum atomic E-state index is 16.0. The lowest BCUT2D eigenvalue weighted by molar-refractivity contribution is -0.149. The number of carboxylic acids is 1. The van der Waals surface area contributed by atoms with Crippen LogP contribution in [0.15, 0.2) is 53.4 Å². The maximum absolute atomic E-state index is 16.0. The molecule has 0 aromatic heterocycles. The standard InChI is InChI=1S/C25H29FN2O5S/c1-2-27-15-7-9-18(27)14-13-17-8-3-6-12-22(17)34(31,32)28(26)25(24(29)30)20-16-33-21-11-5-4-10-19(21)23(20)25/h3-6,8,10-12,18,20,23H,2,7,9,13-16H2,1H3,(H,29,30)/t18-,20?,23?,25?/m0/s1. The van der Waals surface area contributed by atoms with E-state index in [1.165, 1.54) is 6.07 Å². The summed E-state index contributed by atoms with van der Waals surface area (Å²) in [5, 5.41) is 10.1. The van der Waals surface area contributed by atoms with E-state index in [0.29, 0.717) is 29.3 Å². The molecule has 182 valence electrons. The fourth-order valence-electron chi connectivity index (χ4n) is 5.98. The van der Waals surface area contributed by atoms with E-state index in [2.05, 4.69) is 11.8 Å². The molecule has 4 atom stereocenters. The van der Waals surface area contributed by atoms with Gasteiger partial charge in [0.25, 0.3) is 10.0 Å². The highest BCUT2D eigenvalue weighted by Gasteiger charge is 2.79. The highest BCUT2D eigenvalue weighted by Crippen LogP contribution is 2.66. The molecular formula is C25H29FN2O5S. The van der Waals surface area contributed by atoms with Gasteiger partial charge in [-0.15, -0.1) is 4.48 Å². The third-order valence-corrected chi connectivity index (χ3v) is 9.43. The Morgan fingerprint density at radius 3 is 2.74 bits per heavy atom. The highest BCUT2D eigenvalue weighted by atomic mass is 32.2. The van der Waals surface area contributed by atoms with Gasteiger partial charge >= 0.3 is 5.97 Å². The number of aryl methyl sites for hydroxylation is 1. The molecule has 3 aliphatic rings. The Morgan fingerprint density at radius 1 is 1.24 bits per heavy atom. The Labute approximate surface area is 199 Å². The molecule has 1 N–H and O–H groups in total. The third kappa shape index (κ3) is 3.44. The SMILES string of the molecule is CCN1CCC[C@H]1CCc1ccccc1S(=O)(=O)N(F)C1(C(=O)O)C2COc3ccccc3C21. The molecule has 3 unspecified atom stereocenters. The normalized spacial score (nSPS) is 28.3. The summed E-state index contributed by atoms with van der Waals surface area (Å²) in [6.45, 7) is 4.03. The van der Waals surface area contributed by atoms with E-state index in [1.807, 2.05) is 0 Å². The van der Waals surface area contributed by atoms with Crippen LogP contribution in [0.5, 0.6) is 5.75 Å². The number of hydrogen-bond donors (Lipinski definition) is 1. The first-order valence-electron chi connectivity index (χ1n) is 11.8. The third-order valence-electron chi connectivity index (χ3n) is 7.75. The number of benzene rings is 2. The van der Waals surface area contributed by atoms with Gasteiger partial charge in [0.1, 0.15) is 5.75 Å². The molecule has 34 heavy (non-hydrogen) atoms. The van der Waals surface area contributed by atoms with Gasteiger partial charge in [-0.05, 0) is 61.0 Å². The molecule has 0 amide bonds. The number of nitrogens with zero attached hydrogens (tertiary/aromatic N) is 2. The Morgan fingerprint density at radius 2 is 1.97 bits per heavy atom. The van der Waals surface area contributed by atoms with Crippen molar-refractivity contribution in [1.82, 2.24) is 9.43 Å². The van der Waals surface area contributed by atoms with Crippen molar-refractivity contribution in [3.05, 3.63) is 59.7 Å². The first-order chi connectivity index (χ1) is 16.3. The van der Waals surface area contributed by atoms with Crippen LogP contribution in [0.1, 0.15) is 43.2 Å². The monoisotopic (exact) mass is 488 g/mol. The molecule has 1 aliphatic carbocycles. The zero-order valence-corrected chi connectivity index (χ0v) is 19.9. The molecule has 0 radical (unpaired) electrons. The van der Waals surface area contributed by atoms with Crippen molar-refractivity contribution < 1.29 is 27.5 Å². The number of halogens is 1. The Kier molecular flexibility index (Phi) is 5.90. The molecule has 1 saturated carbocycles. The summed E-state index contributed by atoms with van der Waals surface area (Å²) in [4.78, 5) is 14.6. The van der Waals surface area contributed by atoms with Crippen LogP contribution in [0.4, 0.5) is 4.48 Å². The average Bonchev–Trinajstić information content (AvgIpc) is 3.34. The van der Waals surface area contributed by atoms with Crippen LogP contribution in [-0.2, 0) is 21.2 Å². The summed E-state index contributed by atoms with van der Waals surface area (Å²) in [5.74, 6) is -2.65. The largest absolute Gasteiger partial charge is 0.493 e. The van der Waals surface area contributed by atoms with E-state index in [1.54, 1.807) is 42.5 Å². The lowest BCUT2D eigenvalue weighted by Crippen LogP contribution is -2.45. The van der Waals surface area contributed by atoms with Gasteiger partial charge in [-0.3, -0.25) is 4.79 Å². The van der Waals surface area contributed by atoms with Crippen molar-refractivity contribution in [2.75, 3.05) is 19.7 Å². The second-order valence-corrected chi connectivity index (χ2v) is 11.1. The first-order valence-corrected chi connectivity index (χ1v) is 13.3. The summed E-state index contributed by atoms with van der Waals surface area (Å²) < 4.78 is 48.3. The van der Waals surface area contributed by atoms with E-state index in [9.17, 15) is 18.3 Å². The van der Waals surface area contributed by atoms with Crippen molar-refractivity contribution in [2.45, 2.75) is 55.0 Å². The van der Waals surface area contributed by atoms with Gasteiger partial charge in [0.05, 0.1) is 11.5 Å². The number of likely N-dealkylation sites (tertiary alicyclic amines) is 1. The summed E-state index contributed by atoms with van der Waals surface area (Å²) >= 11 is 0. The zero-order valence-electron chi connectivity index (χ0n) is 19.1. The van der Waals surface area contributed by atoms with Crippen LogP contribution >= 0.6 is 0 Å². The molecule has 7 nitrogen and oxygen atoms in total. The van der Waals surface area contributed by atoms with Gasteiger partial charge in [0.15, 0.2) is 5.54 Å². The molecule has 2 fully saturated rings. The molecule has 0 spiro atoms. The van der Waals surface area contributed by atoms with Crippen molar-refractivity contribution in [3.63, 3.8) is 0 Å². The zero-order chi connectivity index (χ0) is 24.1. The lowest BCUT2D eigenvalue weighted by atomic mass is 10.0. The Hall–Kier alpha value is -2.49. The average molecular weight is 489 g/mol. The first kappa shape index (κ1) is 23.3. The molecule has 2 aromatic rings. The maximum Gasteiger partial charge on any atom is 0.329 e. The van der Waals surface area contributed by atoms with Crippen molar-refractivity contribution in [2.24, 2.45) is 5.92 Å². The van der Waals surface area contributed by atoms with Gasteiger partial charge in [0.2, 0.25) is 0 Å². The smallest absolute Gasteiger partial charge is 0.329 e. The lowest BCUT2D eigenvalue weighted by Gasteiger charge is -2.24. The van der Waals surface area contributed by atoms with Crippen molar-refractivity contribution in [3.8, 4) is 5.75 Å². The van der Waals surface area contributed by atoms with Crippen molar-refractivity contribution in [1.29, 1.82) is 0 Å². The Bertz CT molecular complexity index is 1210. The van der Waals surface area contributed by atoms with Crippen LogP contribution < -0.4 is 4.74 Å². The van der Waals surface area contributed by atoms with Crippen molar-refractivity contribution >= 4 is 16.0 Å². The molecule has 2 heterocycles. The fraction of sp³-hybridized carbons (Fsp3) is 0.480. The fourth-order valence-corrected chi connectivity index (χ4v) is 7.63.